The van der Waals surface area contributed by atoms with E-state index in [9.17, 15) is 18.0 Å². The molecule has 2 atom stereocenters. The Morgan fingerprint density at radius 2 is 1.94 bits per heavy atom. The van der Waals surface area contributed by atoms with Gasteiger partial charge in [0.25, 0.3) is 0 Å². The highest BCUT2D eigenvalue weighted by Gasteiger charge is 2.46. The third-order valence-electron chi connectivity index (χ3n) is 6.20. The molecule has 1 aliphatic rings. The van der Waals surface area contributed by atoms with Gasteiger partial charge >= 0.3 is 12.3 Å². The van der Waals surface area contributed by atoms with E-state index in [1.165, 1.54) is 21.7 Å². The van der Waals surface area contributed by atoms with E-state index in [0.717, 1.165) is 12.1 Å². The molecule has 0 aliphatic carbocycles. The minimum atomic E-state index is -4.48. The maximum Gasteiger partial charge on any atom is 0.416 e. The van der Waals surface area contributed by atoms with Crippen molar-refractivity contribution < 1.29 is 27.1 Å². The SMILES string of the molecule is Cc1cc2ncc(-c3cccc(C(F)(F)F)c3)n2nc1NC(C)C1(F)CCN(C(=O)OC(C)(C)C)C1. The topological polar surface area (TPSA) is 71.8 Å². The van der Waals surface area contributed by atoms with Crippen LogP contribution >= 0.6 is 0 Å². The molecule has 7 nitrogen and oxygen atoms in total. The third kappa shape index (κ3) is 5.24. The third-order valence-corrected chi connectivity index (χ3v) is 6.20. The van der Waals surface area contributed by atoms with Crippen LogP contribution in [0.5, 0.6) is 0 Å². The Morgan fingerprint density at radius 1 is 1.22 bits per heavy atom. The molecule has 1 amide bonds. The molecule has 1 aromatic carbocycles. The first-order valence-corrected chi connectivity index (χ1v) is 11.6. The van der Waals surface area contributed by atoms with Gasteiger partial charge in [-0.1, -0.05) is 12.1 Å². The normalized spacial score (nSPS) is 19.5. The number of hydrogen-bond acceptors (Lipinski definition) is 5. The number of aromatic nitrogens is 3. The van der Waals surface area contributed by atoms with Crippen molar-refractivity contribution in [3.05, 3.63) is 47.7 Å². The molecule has 36 heavy (non-hydrogen) atoms. The van der Waals surface area contributed by atoms with E-state index in [1.807, 2.05) is 0 Å². The van der Waals surface area contributed by atoms with Gasteiger partial charge in [-0.25, -0.2) is 18.7 Å². The number of rotatable bonds is 4. The number of amides is 1. The molecule has 0 bridgehead atoms. The first kappa shape index (κ1) is 25.7. The lowest BCUT2D eigenvalue weighted by molar-refractivity contribution is -0.137. The molecule has 3 aromatic rings. The lowest BCUT2D eigenvalue weighted by Crippen LogP contribution is -2.45. The van der Waals surface area contributed by atoms with E-state index in [2.05, 4.69) is 15.4 Å². The maximum atomic E-state index is 15.9. The zero-order chi connectivity index (χ0) is 26.5. The molecule has 4 rings (SSSR count). The number of alkyl halides is 4. The van der Waals surface area contributed by atoms with Gasteiger partial charge in [0, 0.05) is 18.5 Å². The molecule has 1 saturated heterocycles. The van der Waals surface area contributed by atoms with Crippen LogP contribution in [0.15, 0.2) is 36.5 Å². The summed E-state index contributed by atoms with van der Waals surface area (Å²) in [7, 11) is 0. The molecule has 1 N–H and O–H groups in total. The number of nitrogens with zero attached hydrogens (tertiary/aromatic N) is 4. The van der Waals surface area contributed by atoms with Crippen LogP contribution in [-0.4, -0.2) is 56.0 Å². The smallest absolute Gasteiger partial charge is 0.416 e. The zero-order valence-corrected chi connectivity index (χ0v) is 20.8. The number of carbonyl (C=O) groups excluding carboxylic acids is 1. The number of ether oxygens (including phenoxy) is 1. The number of benzene rings is 1. The van der Waals surface area contributed by atoms with Gasteiger partial charge in [-0.3, -0.25) is 0 Å². The molecule has 0 spiro atoms. The summed E-state index contributed by atoms with van der Waals surface area (Å²) in [5.41, 5.74) is -1.35. The lowest BCUT2D eigenvalue weighted by Gasteiger charge is -2.29. The fourth-order valence-electron chi connectivity index (χ4n) is 4.17. The largest absolute Gasteiger partial charge is 0.444 e. The van der Waals surface area contributed by atoms with Gasteiger partial charge in [-0.05, 0) is 58.4 Å². The second-order valence-corrected chi connectivity index (χ2v) is 10.2. The molecular formula is C25H29F4N5O2. The molecular weight excluding hydrogens is 478 g/mol. The van der Waals surface area contributed by atoms with Crippen molar-refractivity contribution in [1.29, 1.82) is 0 Å². The standard InChI is InChI=1S/C25H29F4N5O2/c1-15-11-20-30-13-19(17-7-6-8-18(12-17)25(27,28)29)34(20)32-21(15)31-16(2)24(26)9-10-33(14-24)22(35)36-23(3,4)5/h6-8,11-13,16H,9-10,14H2,1-5H3,(H,31,32). The van der Waals surface area contributed by atoms with E-state index in [1.54, 1.807) is 46.8 Å². The number of carbonyl (C=O) groups is 1. The van der Waals surface area contributed by atoms with Crippen molar-refractivity contribution >= 4 is 17.6 Å². The fourth-order valence-corrected chi connectivity index (χ4v) is 4.17. The molecule has 0 saturated carbocycles. The Bertz CT molecular complexity index is 1280. The average Bonchev–Trinajstić information content (AvgIpc) is 3.37. The Kier molecular flexibility index (Phi) is 6.38. The van der Waals surface area contributed by atoms with Crippen LogP contribution in [0.2, 0.25) is 0 Å². The van der Waals surface area contributed by atoms with Gasteiger partial charge in [0.2, 0.25) is 0 Å². The van der Waals surface area contributed by atoms with Crippen molar-refractivity contribution in [1.82, 2.24) is 19.5 Å². The highest BCUT2D eigenvalue weighted by molar-refractivity contribution is 5.69. The molecule has 194 valence electrons. The lowest BCUT2D eigenvalue weighted by atomic mass is 9.96. The highest BCUT2D eigenvalue weighted by atomic mass is 19.4. The molecule has 11 heteroatoms. The quantitative estimate of drug-likeness (QED) is 0.447. The fraction of sp³-hybridized carbons (Fsp3) is 0.480. The van der Waals surface area contributed by atoms with Crippen LogP contribution in [0.3, 0.4) is 0 Å². The summed E-state index contributed by atoms with van der Waals surface area (Å²) >= 11 is 0. The first-order chi connectivity index (χ1) is 16.7. The second kappa shape index (κ2) is 8.94. The van der Waals surface area contributed by atoms with E-state index in [0.29, 0.717) is 28.3 Å². The van der Waals surface area contributed by atoms with E-state index in [-0.39, 0.29) is 19.5 Å². The monoisotopic (exact) mass is 507 g/mol. The van der Waals surface area contributed by atoms with Gasteiger partial charge in [0.05, 0.1) is 30.0 Å². The van der Waals surface area contributed by atoms with Crippen molar-refractivity contribution in [2.45, 2.75) is 64.5 Å². The molecule has 2 aromatic heterocycles. The number of halogens is 4. The van der Waals surface area contributed by atoms with Crippen LogP contribution in [0.1, 0.15) is 45.2 Å². The van der Waals surface area contributed by atoms with Crippen molar-refractivity contribution in [2.75, 3.05) is 18.4 Å². The summed E-state index contributed by atoms with van der Waals surface area (Å²) in [4.78, 5) is 18.0. The molecule has 1 fully saturated rings. The van der Waals surface area contributed by atoms with E-state index < -0.39 is 35.1 Å². The highest BCUT2D eigenvalue weighted by Crippen LogP contribution is 2.34. The zero-order valence-electron chi connectivity index (χ0n) is 20.8. The predicted octanol–water partition coefficient (Wildman–Crippen LogP) is 5.87. The molecule has 0 radical (unpaired) electrons. The van der Waals surface area contributed by atoms with Crippen LogP contribution in [0.25, 0.3) is 16.9 Å². The van der Waals surface area contributed by atoms with Crippen LogP contribution in [-0.2, 0) is 10.9 Å². The summed E-state index contributed by atoms with van der Waals surface area (Å²) in [5.74, 6) is 0.369. The Morgan fingerprint density at radius 3 is 2.61 bits per heavy atom. The Balaban J connectivity index is 1.58. The number of likely N-dealkylation sites (tertiary alicyclic amines) is 1. The number of hydrogen-bond donors (Lipinski definition) is 1. The number of nitrogens with one attached hydrogen (secondary N) is 1. The second-order valence-electron chi connectivity index (χ2n) is 10.2. The van der Waals surface area contributed by atoms with Crippen molar-refractivity contribution in [3.8, 4) is 11.3 Å². The van der Waals surface area contributed by atoms with Gasteiger partial charge in [0.1, 0.15) is 17.1 Å². The number of aryl methyl sites for hydroxylation is 1. The average molecular weight is 508 g/mol. The van der Waals surface area contributed by atoms with E-state index in [4.69, 9.17) is 4.74 Å². The summed E-state index contributed by atoms with van der Waals surface area (Å²) in [6.45, 7) is 8.81. The molecule has 3 heterocycles. The van der Waals surface area contributed by atoms with Crippen molar-refractivity contribution in [2.24, 2.45) is 0 Å². The van der Waals surface area contributed by atoms with Gasteiger partial charge in [0.15, 0.2) is 5.65 Å². The summed E-state index contributed by atoms with van der Waals surface area (Å²) < 4.78 is 62.3. The summed E-state index contributed by atoms with van der Waals surface area (Å²) in [5, 5.41) is 7.64. The van der Waals surface area contributed by atoms with Crippen LogP contribution in [0, 0.1) is 6.92 Å². The minimum absolute atomic E-state index is 0.127. The van der Waals surface area contributed by atoms with Crippen molar-refractivity contribution in [3.63, 3.8) is 0 Å². The van der Waals surface area contributed by atoms with Gasteiger partial charge in [-0.15, -0.1) is 5.10 Å². The van der Waals surface area contributed by atoms with Crippen LogP contribution in [0.4, 0.5) is 28.2 Å². The maximum absolute atomic E-state index is 15.9. The number of imidazole rings is 1. The number of anilines is 1. The van der Waals surface area contributed by atoms with Gasteiger partial charge in [-0.2, -0.15) is 13.2 Å². The Labute approximate surface area is 206 Å². The minimum Gasteiger partial charge on any atom is -0.444 e. The summed E-state index contributed by atoms with van der Waals surface area (Å²) in [6.07, 6.45) is -3.46. The first-order valence-electron chi connectivity index (χ1n) is 11.6. The van der Waals surface area contributed by atoms with E-state index >= 15 is 4.39 Å². The molecule has 2 unspecified atom stereocenters. The Hall–Kier alpha value is -3.37. The summed E-state index contributed by atoms with van der Waals surface area (Å²) in [6, 6.07) is 5.94. The van der Waals surface area contributed by atoms with Crippen LogP contribution < -0.4 is 5.32 Å². The predicted molar refractivity (Wildman–Crippen MR) is 128 cm³/mol. The van der Waals surface area contributed by atoms with Gasteiger partial charge < -0.3 is 15.0 Å². The number of fused-ring (bicyclic) bond motifs is 1. The molecule has 1 aliphatic heterocycles.